The molecule has 0 unspecified atom stereocenters. The minimum absolute atomic E-state index is 0.0324. The van der Waals surface area contributed by atoms with E-state index in [4.69, 9.17) is 4.74 Å². The van der Waals surface area contributed by atoms with Gasteiger partial charge in [-0.1, -0.05) is 30.3 Å². The van der Waals surface area contributed by atoms with Crippen LogP contribution in [-0.4, -0.2) is 10.9 Å². The van der Waals surface area contributed by atoms with Crippen molar-refractivity contribution < 1.29 is 9.53 Å². The largest absolute Gasteiger partial charge is 0.487 e. The summed E-state index contributed by atoms with van der Waals surface area (Å²) in [4.78, 5) is 16.4. The predicted molar refractivity (Wildman–Crippen MR) is 102 cm³/mol. The van der Waals surface area contributed by atoms with E-state index < -0.39 is 5.91 Å². The number of amides is 1. The van der Waals surface area contributed by atoms with Crippen molar-refractivity contribution in [2.45, 2.75) is 6.61 Å². The summed E-state index contributed by atoms with van der Waals surface area (Å²) in [7, 11) is 0. The van der Waals surface area contributed by atoms with Gasteiger partial charge in [-0.3, -0.25) is 4.79 Å². The van der Waals surface area contributed by atoms with Crippen LogP contribution in [0.15, 0.2) is 71.1 Å². The molecule has 0 atom stereocenters. The Morgan fingerprint density at radius 2 is 1.96 bits per heavy atom. The van der Waals surface area contributed by atoms with Crippen molar-refractivity contribution in [1.29, 1.82) is 5.26 Å². The molecule has 0 radical (unpaired) electrons. The van der Waals surface area contributed by atoms with Gasteiger partial charge in [0, 0.05) is 11.1 Å². The molecule has 0 spiro atoms. The van der Waals surface area contributed by atoms with Gasteiger partial charge in [-0.25, -0.2) is 4.98 Å². The van der Waals surface area contributed by atoms with Crippen molar-refractivity contribution in [3.05, 3.63) is 82.3 Å². The Morgan fingerprint density at radius 1 is 1.19 bits per heavy atom. The van der Waals surface area contributed by atoms with Crippen molar-refractivity contribution >= 4 is 29.0 Å². The predicted octanol–water partition coefficient (Wildman–Crippen LogP) is 4.27. The number of para-hydroxylation sites is 1. The number of carbonyl (C=O) groups excluding carboxylic acids is 1. The highest BCUT2D eigenvalue weighted by Crippen LogP contribution is 2.17. The molecule has 3 aromatic rings. The number of nitrogens with zero attached hydrogens (tertiary/aromatic N) is 2. The number of ether oxygens (including phenoxy) is 1. The summed E-state index contributed by atoms with van der Waals surface area (Å²) >= 11 is 1.52. The molecular weight excluding hydrogens is 346 g/mol. The summed E-state index contributed by atoms with van der Waals surface area (Å²) < 4.78 is 5.64. The van der Waals surface area contributed by atoms with Gasteiger partial charge in [0.1, 0.15) is 24.0 Å². The molecule has 26 heavy (non-hydrogen) atoms. The van der Waals surface area contributed by atoms with Crippen LogP contribution < -0.4 is 10.1 Å². The maximum atomic E-state index is 12.2. The summed E-state index contributed by atoms with van der Waals surface area (Å²) in [5.41, 5.74) is 4.06. The topological polar surface area (TPSA) is 75.0 Å². The van der Waals surface area contributed by atoms with E-state index in [9.17, 15) is 10.1 Å². The first-order chi connectivity index (χ1) is 12.7. The molecule has 6 heteroatoms. The zero-order valence-corrected chi connectivity index (χ0v) is 14.6. The number of aromatic nitrogens is 1. The second-order valence-corrected chi connectivity index (χ2v) is 6.05. The van der Waals surface area contributed by atoms with E-state index in [1.807, 2.05) is 29.6 Å². The molecule has 0 saturated heterocycles. The van der Waals surface area contributed by atoms with E-state index in [2.05, 4.69) is 10.3 Å². The lowest BCUT2D eigenvalue weighted by atomic mass is 10.1. The van der Waals surface area contributed by atoms with Gasteiger partial charge in [-0.05, 0) is 35.9 Å². The van der Waals surface area contributed by atoms with E-state index in [-0.39, 0.29) is 5.57 Å². The Bertz CT molecular complexity index is 927. The number of carbonyl (C=O) groups is 1. The lowest BCUT2D eigenvalue weighted by Crippen LogP contribution is -2.13. The quantitative estimate of drug-likeness (QED) is 0.525. The normalized spacial score (nSPS) is 10.8. The first-order valence-corrected chi connectivity index (χ1v) is 8.77. The van der Waals surface area contributed by atoms with Gasteiger partial charge in [-0.15, -0.1) is 11.3 Å². The Labute approximate surface area is 155 Å². The third-order valence-electron chi connectivity index (χ3n) is 3.46. The van der Waals surface area contributed by atoms with E-state index in [1.165, 1.54) is 11.3 Å². The molecule has 1 amide bonds. The number of hydrogen-bond donors (Lipinski definition) is 1. The van der Waals surface area contributed by atoms with E-state index >= 15 is 0 Å². The van der Waals surface area contributed by atoms with E-state index in [1.54, 1.807) is 48.0 Å². The molecule has 0 saturated carbocycles. The third kappa shape index (κ3) is 4.79. The Hall–Kier alpha value is -3.43. The smallest absolute Gasteiger partial charge is 0.266 e. The summed E-state index contributed by atoms with van der Waals surface area (Å²) in [6.07, 6.45) is 1.54. The molecule has 1 heterocycles. The van der Waals surface area contributed by atoms with Gasteiger partial charge in [-0.2, -0.15) is 5.26 Å². The number of nitrogens with one attached hydrogen (secondary N) is 1. The van der Waals surface area contributed by atoms with Crippen LogP contribution in [-0.2, 0) is 11.4 Å². The lowest BCUT2D eigenvalue weighted by Gasteiger charge is -2.05. The molecule has 1 aromatic heterocycles. The second kappa shape index (κ2) is 8.60. The maximum Gasteiger partial charge on any atom is 0.266 e. The molecule has 0 aliphatic carbocycles. The number of rotatable bonds is 6. The van der Waals surface area contributed by atoms with Gasteiger partial charge in [0.15, 0.2) is 0 Å². The molecule has 2 aromatic carbocycles. The van der Waals surface area contributed by atoms with Crippen LogP contribution in [0, 0.1) is 11.3 Å². The number of thiazole rings is 1. The number of benzene rings is 2. The second-order valence-electron chi connectivity index (χ2n) is 5.33. The van der Waals surface area contributed by atoms with Crippen molar-refractivity contribution in [2.24, 2.45) is 0 Å². The van der Waals surface area contributed by atoms with Crippen molar-refractivity contribution in [2.75, 3.05) is 5.32 Å². The average molecular weight is 361 g/mol. The molecule has 128 valence electrons. The van der Waals surface area contributed by atoms with Crippen LogP contribution in [0.1, 0.15) is 11.3 Å². The standard InChI is InChI=1S/C20H15N3O2S/c21-11-16(20(24)23-17-4-2-1-3-5-17)10-15-6-8-19(9-7-15)25-12-18-13-26-14-22-18/h1-10,13-14H,12H2,(H,23,24)/b16-10-. The molecule has 0 aliphatic heterocycles. The monoisotopic (exact) mass is 361 g/mol. The minimum Gasteiger partial charge on any atom is -0.487 e. The van der Waals surface area contributed by atoms with Gasteiger partial charge in [0.25, 0.3) is 5.91 Å². The molecule has 3 rings (SSSR count). The zero-order chi connectivity index (χ0) is 18.2. The minimum atomic E-state index is -0.442. The SMILES string of the molecule is N#C/C(=C/c1ccc(OCc2cscn2)cc1)C(=O)Nc1ccccc1. The molecule has 0 aliphatic rings. The Morgan fingerprint density at radius 3 is 2.62 bits per heavy atom. The van der Waals surface area contributed by atoms with Crippen molar-refractivity contribution in [3.8, 4) is 11.8 Å². The van der Waals surface area contributed by atoms with Crippen LogP contribution in [0.25, 0.3) is 6.08 Å². The van der Waals surface area contributed by atoms with Crippen LogP contribution in [0.3, 0.4) is 0 Å². The maximum absolute atomic E-state index is 12.2. The summed E-state index contributed by atoms with van der Waals surface area (Å²) in [6, 6.07) is 18.1. The zero-order valence-electron chi connectivity index (χ0n) is 13.8. The number of anilines is 1. The number of hydrogen-bond acceptors (Lipinski definition) is 5. The summed E-state index contributed by atoms with van der Waals surface area (Å²) in [5.74, 6) is 0.255. The molecular formula is C20H15N3O2S. The molecule has 0 fully saturated rings. The van der Waals surface area contributed by atoms with E-state index in [0.29, 0.717) is 18.0 Å². The van der Waals surface area contributed by atoms with Gasteiger partial charge >= 0.3 is 0 Å². The first-order valence-electron chi connectivity index (χ1n) is 7.83. The van der Waals surface area contributed by atoms with Crippen LogP contribution in [0.2, 0.25) is 0 Å². The van der Waals surface area contributed by atoms with Crippen LogP contribution >= 0.6 is 11.3 Å². The van der Waals surface area contributed by atoms with Crippen LogP contribution in [0.5, 0.6) is 5.75 Å². The first kappa shape index (κ1) is 17.4. The third-order valence-corrected chi connectivity index (χ3v) is 4.09. The fourth-order valence-electron chi connectivity index (χ4n) is 2.16. The number of nitriles is 1. The van der Waals surface area contributed by atoms with Gasteiger partial charge in [0.2, 0.25) is 0 Å². The fourth-order valence-corrected chi connectivity index (χ4v) is 2.70. The fraction of sp³-hybridized carbons (Fsp3) is 0.0500. The highest BCUT2D eigenvalue weighted by Gasteiger charge is 2.09. The summed E-state index contributed by atoms with van der Waals surface area (Å²) in [5, 5.41) is 13.9. The highest BCUT2D eigenvalue weighted by atomic mass is 32.1. The van der Waals surface area contributed by atoms with Crippen molar-refractivity contribution in [3.63, 3.8) is 0 Å². The van der Waals surface area contributed by atoms with Crippen molar-refractivity contribution in [1.82, 2.24) is 4.98 Å². The highest BCUT2D eigenvalue weighted by molar-refractivity contribution is 7.07. The van der Waals surface area contributed by atoms with Crippen LogP contribution in [0.4, 0.5) is 5.69 Å². The molecule has 1 N–H and O–H groups in total. The van der Waals surface area contributed by atoms with E-state index in [0.717, 1.165) is 11.3 Å². The summed E-state index contributed by atoms with van der Waals surface area (Å²) in [6.45, 7) is 0.404. The van der Waals surface area contributed by atoms with Gasteiger partial charge in [0.05, 0.1) is 11.2 Å². The molecule has 0 bridgehead atoms. The lowest BCUT2D eigenvalue weighted by molar-refractivity contribution is -0.112. The Kier molecular flexibility index (Phi) is 5.76. The van der Waals surface area contributed by atoms with Gasteiger partial charge < -0.3 is 10.1 Å². The molecule has 5 nitrogen and oxygen atoms in total. The average Bonchev–Trinajstić information content (AvgIpc) is 3.20. The Balaban J connectivity index is 1.65.